The van der Waals surface area contributed by atoms with Crippen LogP contribution in [-0.4, -0.2) is 140 Å². The van der Waals surface area contributed by atoms with Crippen LogP contribution in [0.3, 0.4) is 0 Å². The lowest BCUT2D eigenvalue weighted by atomic mass is 9.97. The van der Waals surface area contributed by atoms with Crippen LogP contribution in [0.5, 0.6) is 0 Å². The van der Waals surface area contributed by atoms with Crippen molar-refractivity contribution in [2.45, 2.75) is 383 Å². The Morgan fingerprint density at radius 1 is 0.420 bits per heavy atom. The first kappa shape index (κ1) is 81.8. The molecule has 2 rings (SSSR count). The number of carbonyl (C=O) groups excluding carboxylic acids is 1. The minimum absolute atomic E-state index is 0.203. The molecular weight excluding hydrogens is 1110 g/mol. The molecule has 9 N–H and O–H groups in total. The van der Waals surface area contributed by atoms with Crippen LogP contribution in [0.1, 0.15) is 309 Å². The predicted octanol–water partition coefficient (Wildman–Crippen LogP) is 15.2. The summed E-state index contributed by atoms with van der Waals surface area (Å²) in [6.45, 7) is 2.79. The Balaban J connectivity index is 1.63. The van der Waals surface area contributed by atoms with Crippen LogP contribution >= 0.6 is 0 Å². The van der Waals surface area contributed by atoms with Gasteiger partial charge in [0.1, 0.15) is 48.8 Å². The third-order valence-corrected chi connectivity index (χ3v) is 17.7. The molecule has 14 nitrogen and oxygen atoms in total. The van der Waals surface area contributed by atoms with Crippen molar-refractivity contribution in [2.75, 3.05) is 19.8 Å². The minimum atomic E-state index is -1.78. The molecule has 0 aliphatic carbocycles. The number of ether oxygens (including phenoxy) is 4. The fourth-order valence-corrected chi connectivity index (χ4v) is 12.0. The third kappa shape index (κ3) is 42.0. The van der Waals surface area contributed by atoms with Gasteiger partial charge in [0.25, 0.3) is 0 Å². The van der Waals surface area contributed by atoms with Gasteiger partial charge in [-0.2, -0.15) is 0 Å². The van der Waals surface area contributed by atoms with Crippen molar-refractivity contribution in [1.29, 1.82) is 0 Å². The van der Waals surface area contributed by atoms with E-state index in [1.54, 1.807) is 0 Å². The first-order valence-corrected chi connectivity index (χ1v) is 36.5. The van der Waals surface area contributed by atoms with E-state index in [1.165, 1.54) is 199 Å². The highest BCUT2D eigenvalue weighted by atomic mass is 16.7. The maximum atomic E-state index is 13.4. The van der Waals surface area contributed by atoms with E-state index in [2.05, 4.69) is 79.9 Å². The van der Waals surface area contributed by atoms with Gasteiger partial charge in [0.15, 0.2) is 12.6 Å². The topological polar surface area (TPSA) is 228 Å². The summed E-state index contributed by atoms with van der Waals surface area (Å²) in [6.07, 6.45) is 60.9. The number of hydrogen-bond donors (Lipinski definition) is 9. The second-order valence-electron chi connectivity index (χ2n) is 25.7. The number of amides is 1. The third-order valence-electron chi connectivity index (χ3n) is 17.7. The zero-order valence-corrected chi connectivity index (χ0v) is 56.0. The molecule has 88 heavy (non-hydrogen) atoms. The Morgan fingerprint density at radius 3 is 1.20 bits per heavy atom. The van der Waals surface area contributed by atoms with Crippen molar-refractivity contribution in [3.63, 3.8) is 0 Å². The summed E-state index contributed by atoms with van der Waals surface area (Å²) in [5.74, 6) is -0.203. The molecule has 0 aromatic carbocycles. The van der Waals surface area contributed by atoms with Crippen molar-refractivity contribution >= 4 is 5.91 Å². The van der Waals surface area contributed by atoms with Crippen molar-refractivity contribution in [2.24, 2.45) is 0 Å². The van der Waals surface area contributed by atoms with E-state index >= 15 is 0 Å². The standard InChI is InChI=1S/C74H135NO13/c1-3-5-7-9-11-13-15-17-19-21-23-25-26-27-28-29-30-31-32-33-34-35-36-38-40-42-44-46-48-50-52-54-56-58-66(79)75-62(63(78)57-55-53-51-49-47-45-43-41-39-37-24-22-20-18-16-14-12-10-8-6-4-2)61-85-73-71(84)69(82)72(65(60-77)87-73)88-74-70(83)68(81)67(80)64(59-76)86-74/h5,7,11,13,17,19,23,25,27-28,62-65,67-74,76-78,80-84H,3-4,6,8-10,12,14-16,18,20-22,24,26,29-61H2,1-2H3,(H,75,79)/b7-5-,13-11-,19-17-,25-23-,28-27-. The second kappa shape index (κ2) is 58.5. The van der Waals surface area contributed by atoms with Gasteiger partial charge >= 0.3 is 0 Å². The molecule has 514 valence electrons. The van der Waals surface area contributed by atoms with Crippen LogP contribution in [0.2, 0.25) is 0 Å². The normalized spacial score (nSPS) is 23.5. The van der Waals surface area contributed by atoms with Gasteiger partial charge < -0.3 is 65.1 Å². The molecule has 0 aromatic rings. The predicted molar refractivity (Wildman–Crippen MR) is 360 cm³/mol. The number of allylic oxidation sites excluding steroid dienone is 10. The molecule has 0 radical (unpaired) electrons. The molecular formula is C74H135NO13. The molecule has 1 amide bonds. The summed E-state index contributed by atoms with van der Waals surface area (Å²) < 4.78 is 22.9. The van der Waals surface area contributed by atoms with E-state index < -0.39 is 86.8 Å². The number of carbonyl (C=O) groups is 1. The maximum absolute atomic E-state index is 13.4. The van der Waals surface area contributed by atoms with Gasteiger partial charge in [0.05, 0.1) is 32.0 Å². The van der Waals surface area contributed by atoms with Crippen LogP contribution < -0.4 is 5.32 Å². The van der Waals surface area contributed by atoms with Gasteiger partial charge in [0.2, 0.25) is 5.91 Å². The van der Waals surface area contributed by atoms with Gasteiger partial charge in [-0.25, -0.2) is 0 Å². The van der Waals surface area contributed by atoms with Gasteiger partial charge in [-0.3, -0.25) is 4.79 Å². The maximum Gasteiger partial charge on any atom is 0.220 e. The molecule has 2 fully saturated rings. The largest absolute Gasteiger partial charge is 0.394 e. The average Bonchev–Trinajstić information content (AvgIpc) is 2.07. The van der Waals surface area contributed by atoms with Crippen molar-refractivity contribution in [3.05, 3.63) is 60.8 Å². The van der Waals surface area contributed by atoms with Crippen LogP contribution in [0, 0.1) is 0 Å². The Hall–Kier alpha value is -2.31. The summed E-state index contributed by atoms with van der Waals surface area (Å²) >= 11 is 0. The highest BCUT2D eigenvalue weighted by molar-refractivity contribution is 5.76. The lowest BCUT2D eigenvalue weighted by molar-refractivity contribution is -0.359. The molecule has 0 aromatic heterocycles. The van der Waals surface area contributed by atoms with Crippen LogP contribution in [0.15, 0.2) is 60.8 Å². The van der Waals surface area contributed by atoms with Crippen molar-refractivity contribution < 1.29 is 64.6 Å². The van der Waals surface area contributed by atoms with E-state index in [-0.39, 0.29) is 12.5 Å². The average molecular weight is 1250 g/mol. The van der Waals surface area contributed by atoms with E-state index in [0.29, 0.717) is 12.8 Å². The SMILES string of the molecule is CC/C=C\C/C=C\C/C=C\C/C=C\C/C=C\CCCCCCCCCCCCCCCCCCCC(=O)NC(COC1OC(CO)C(OC2OC(CO)C(O)C(O)C2O)C(O)C1O)C(O)CCCCCCCCCCCCCCCCCCCCCCC. The van der Waals surface area contributed by atoms with Crippen molar-refractivity contribution in [3.8, 4) is 0 Å². The number of hydrogen-bond acceptors (Lipinski definition) is 13. The number of aliphatic hydroxyl groups is 8. The Morgan fingerprint density at radius 2 is 0.784 bits per heavy atom. The molecule has 2 heterocycles. The highest BCUT2D eigenvalue weighted by Gasteiger charge is 2.51. The van der Waals surface area contributed by atoms with Crippen LogP contribution in [0.4, 0.5) is 0 Å². The lowest BCUT2D eigenvalue weighted by Crippen LogP contribution is -2.65. The zero-order chi connectivity index (χ0) is 63.8. The first-order chi connectivity index (χ1) is 43.1. The van der Waals surface area contributed by atoms with E-state index in [1.807, 2.05) is 0 Å². The highest BCUT2D eigenvalue weighted by Crippen LogP contribution is 2.30. The Kier molecular flexibility index (Phi) is 54.4. The fourth-order valence-electron chi connectivity index (χ4n) is 12.0. The molecule has 12 unspecified atom stereocenters. The summed E-state index contributed by atoms with van der Waals surface area (Å²) in [4.78, 5) is 13.4. The summed E-state index contributed by atoms with van der Waals surface area (Å²) in [5, 5.41) is 87.7. The monoisotopic (exact) mass is 1250 g/mol. The Labute approximate surface area is 536 Å². The first-order valence-electron chi connectivity index (χ1n) is 36.5. The van der Waals surface area contributed by atoms with Crippen LogP contribution in [0.25, 0.3) is 0 Å². The number of unbranched alkanes of at least 4 members (excludes halogenated alkanes) is 37. The smallest absolute Gasteiger partial charge is 0.220 e. The molecule has 2 aliphatic rings. The number of aliphatic hydroxyl groups excluding tert-OH is 8. The van der Waals surface area contributed by atoms with Crippen molar-refractivity contribution in [1.82, 2.24) is 5.32 Å². The summed E-state index contributed by atoms with van der Waals surface area (Å²) in [5.41, 5.74) is 0. The van der Waals surface area contributed by atoms with Gasteiger partial charge in [-0.1, -0.05) is 306 Å². The summed E-state index contributed by atoms with van der Waals surface area (Å²) in [7, 11) is 0. The molecule has 12 atom stereocenters. The lowest BCUT2D eigenvalue weighted by Gasteiger charge is -2.46. The quantitative estimate of drug-likeness (QED) is 0.0204. The molecule has 0 saturated carbocycles. The summed E-state index contributed by atoms with van der Waals surface area (Å²) in [6, 6.07) is -0.831. The molecule has 2 aliphatic heterocycles. The van der Waals surface area contributed by atoms with E-state index in [0.717, 1.165) is 83.5 Å². The fraction of sp³-hybridized carbons (Fsp3) is 0.851. The molecule has 0 bridgehead atoms. The second-order valence-corrected chi connectivity index (χ2v) is 25.7. The van der Waals surface area contributed by atoms with Gasteiger partial charge in [-0.05, 0) is 57.8 Å². The minimum Gasteiger partial charge on any atom is -0.394 e. The number of rotatable bonds is 60. The zero-order valence-electron chi connectivity index (χ0n) is 56.0. The van der Waals surface area contributed by atoms with Gasteiger partial charge in [-0.15, -0.1) is 0 Å². The Bertz CT molecular complexity index is 1710. The molecule has 2 saturated heterocycles. The molecule has 14 heteroatoms. The molecule has 0 spiro atoms. The van der Waals surface area contributed by atoms with Gasteiger partial charge in [0, 0.05) is 6.42 Å². The van der Waals surface area contributed by atoms with E-state index in [4.69, 9.17) is 18.9 Å². The van der Waals surface area contributed by atoms with Crippen LogP contribution in [-0.2, 0) is 23.7 Å². The van der Waals surface area contributed by atoms with E-state index in [9.17, 15) is 45.6 Å². The number of nitrogens with one attached hydrogen (secondary N) is 1.